The first kappa shape index (κ1) is 20.7. The summed E-state index contributed by atoms with van der Waals surface area (Å²) in [6.45, 7) is 8.36. The van der Waals surface area contributed by atoms with E-state index in [0.717, 1.165) is 12.8 Å². The number of nitrogens with one attached hydrogen (secondary N) is 1. The molecular weight excluding hydrogens is 394 g/mol. The van der Waals surface area contributed by atoms with E-state index < -0.39 is 18.0 Å². The predicted octanol–water partition coefficient (Wildman–Crippen LogP) is 0.962. The Labute approximate surface area is 174 Å². The Morgan fingerprint density at radius 3 is 2.69 bits per heavy atom. The van der Waals surface area contributed by atoms with Gasteiger partial charge in [-0.25, -0.2) is 4.79 Å². The Balaban J connectivity index is 1.56. The summed E-state index contributed by atoms with van der Waals surface area (Å²) in [5, 5.41) is 23.0. The maximum absolute atomic E-state index is 12.5. The summed E-state index contributed by atoms with van der Waals surface area (Å²) in [6.07, 6.45) is 1.69. The van der Waals surface area contributed by atoms with Gasteiger partial charge in [-0.15, -0.1) is 11.8 Å². The highest BCUT2D eigenvalue weighted by molar-refractivity contribution is 8.03. The Morgan fingerprint density at radius 1 is 1.41 bits per heavy atom. The van der Waals surface area contributed by atoms with Crippen LogP contribution < -0.4 is 5.32 Å². The van der Waals surface area contributed by atoms with Crippen LogP contribution in [0.15, 0.2) is 10.6 Å². The minimum atomic E-state index is -1.11. The largest absolute Gasteiger partial charge is 0.477 e. The highest BCUT2D eigenvalue weighted by atomic mass is 32.2. The lowest BCUT2D eigenvalue weighted by atomic mass is 9.79. The van der Waals surface area contributed by atoms with Crippen LogP contribution in [0.5, 0.6) is 0 Å². The van der Waals surface area contributed by atoms with E-state index >= 15 is 0 Å². The molecule has 0 aromatic carbocycles. The number of fused-ring (bicyclic) bond motifs is 2. The molecule has 160 valence electrons. The molecule has 2 amide bonds. The van der Waals surface area contributed by atoms with E-state index in [-0.39, 0.29) is 46.4 Å². The van der Waals surface area contributed by atoms with Crippen LogP contribution in [0.25, 0.3) is 0 Å². The minimum Gasteiger partial charge on any atom is -0.477 e. The molecule has 4 rings (SSSR count). The van der Waals surface area contributed by atoms with Crippen LogP contribution in [0, 0.1) is 11.8 Å². The van der Waals surface area contributed by atoms with E-state index in [1.165, 1.54) is 16.7 Å². The van der Waals surface area contributed by atoms with Gasteiger partial charge in [0.25, 0.3) is 0 Å². The van der Waals surface area contributed by atoms with Gasteiger partial charge in [0, 0.05) is 22.6 Å². The molecular formula is C20H29N3O5S. The maximum Gasteiger partial charge on any atom is 0.353 e. The molecule has 0 radical (unpaired) electrons. The van der Waals surface area contributed by atoms with Crippen molar-refractivity contribution in [2.24, 2.45) is 11.8 Å². The van der Waals surface area contributed by atoms with Crippen molar-refractivity contribution in [3.05, 3.63) is 10.6 Å². The zero-order chi connectivity index (χ0) is 21.2. The van der Waals surface area contributed by atoms with Gasteiger partial charge in [0.1, 0.15) is 5.70 Å². The molecule has 2 unspecified atom stereocenters. The number of thioether (sulfide) groups is 1. The second-order valence-electron chi connectivity index (χ2n) is 8.93. The van der Waals surface area contributed by atoms with Gasteiger partial charge in [-0.2, -0.15) is 0 Å². The van der Waals surface area contributed by atoms with Gasteiger partial charge in [0.2, 0.25) is 11.8 Å². The third kappa shape index (κ3) is 2.92. The number of carbonyl (C=O) groups is 3. The van der Waals surface area contributed by atoms with Crippen molar-refractivity contribution < 1.29 is 24.6 Å². The standard InChI is InChI=1S/C20H29N3O5S/c1-5-6-20(4)21-17(25)12-7-11(8-22(12)20)29-16-9(2)14-13(10(3)24)18(26)23(14)15(16)19(27)28/h9-14,24H,5-8H2,1-4H3,(H,21,25)(H,27,28)/t9-,10?,11?,12+,13-,14-,20+/m1/s1. The van der Waals surface area contributed by atoms with E-state index in [9.17, 15) is 24.6 Å². The molecule has 8 nitrogen and oxygen atoms in total. The first-order valence-corrected chi connectivity index (χ1v) is 11.2. The third-order valence-electron chi connectivity index (χ3n) is 6.93. The Morgan fingerprint density at radius 2 is 2.10 bits per heavy atom. The third-order valence-corrected chi connectivity index (χ3v) is 8.43. The number of nitrogens with zero attached hydrogens (tertiary/aromatic N) is 2. The summed E-state index contributed by atoms with van der Waals surface area (Å²) >= 11 is 1.50. The van der Waals surface area contributed by atoms with Gasteiger partial charge in [-0.05, 0) is 26.7 Å². The van der Waals surface area contributed by atoms with Crippen molar-refractivity contribution in [2.45, 2.75) is 76.1 Å². The number of amides is 2. The first-order valence-electron chi connectivity index (χ1n) is 10.3. The van der Waals surface area contributed by atoms with Crippen molar-refractivity contribution >= 4 is 29.5 Å². The minimum absolute atomic E-state index is 0.0455. The number of rotatable bonds is 6. The predicted molar refractivity (Wildman–Crippen MR) is 108 cm³/mol. The molecule has 4 heterocycles. The molecule has 0 bridgehead atoms. The zero-order valence-electron chi connectivity index (χ0n) is 17.2. The normalized spacial score (nSPS) is 40.0. The molecule has 29 heavy (non-hydrogen) atoms. The SMILES string of the molecule is CCC[C@@]1(C)NC(=O)[C@@H]2CC(SC3=C(C(=O)O)N4C(=O)[C@H](C(C)O)[C@H]4[C@H]3C)CN21. The van der Waals surface area contributed by atoms with Crippen molar-refractivity contribution in [1.82, 2.24) is 15.1 Å². The van der Waals surface area contributed by atoms with Gasteiger partial charge in [-0.1, -0.05) is 20.3 Å². The monoisotopic (exact) mass is 423 g/mol. The molecule has 7 atom stereocenters. The molecule has 3 saturated heterocycles. The summed E-state index contributed by atoms with van der Waals surface area (Å²) in [4.78, 5) is 41.2. The summed E-state index contributed by atoms with van der Waals surface area (Å²) in [7, 11) is 0. The Kier molecular flexibility index (Phi) is 4.99. The Hall–Kier alpha value is -1.58. The fourth-order valence-electron chi connectivity index (χ4n) is 5.65. The number of aliphatic hydroxyl groups excluding tert-OH is 1. The van der Waals surface area contributed by atoms with Crippen LogP contribution in [0.3, 0.4) is 0 Å². The lowest BCUT2D eigenvalue weighted by Gasteiger charge is -2.46. The molecule has 0 aliphatic carbocycles. The van der Waals surface area contributed by atoms with Crippen LogP contribution in [-0.4, -0.2) is 73.4 Å². The van der Waals surface area contributed by atoms with Crippen LogP contribution >= 0.6 is 11.8 Å². The Bertz CT molecular complexity index is 799. The quantitative estimate of drug-likeness (QED) is 0.546. The molecule has 9 heteroatoms. The number of β-lactam (4-membered cyclic amide) rings is 1. The first-order chi connectivity index (χ1) is 13.6. The molecule has 0 aromatic rings. The molecule has 0 saturated carbocycles. The number of carbonyl (C=O) groups excluding carboxylic acids is 2. The number of hydrogen-bond donors (Lipinski definition) is 3. The summed E-state index contributed by atoms with van der Waals surface area (Å²) in [5.41, 5.74) is -0.297. The number of carboxylic acids is 1. The number of aliphatic carboxylic acids is 1. The van der Waals surface area contributed by atoms with Crippen LogP contribution in [0.2, 0.25) is 0 Å². The average molecular weight is 424 g/mol. The smallest absolute Gasteiger partial charge is 0.353 e. The van der Waals surface area contributed by atoms with E-state index in [1.54, 1.807) is 6.92 Å². The van der Waals surface area contributed by atoms with Crippen molar-refractivity contribution in [2.75, 3.05) is 6.54 Å². The van der Waals surface area contributed by atoms with E-state index in [1.807, 2.05) is 6.92 Å². The lowest BCUT2D eigenvalue weighted by molar-refractivity contribution is -0.163. The molecule has 0 spiro atoms. The van der Waals surface area contributed by atoms with E-state index in [0.29, 0.717) is 17.9 Å². The highest BCUT2D eigenvalue weighted by Gasteiger charge is 2.61. The van der Waals surface area contributed by atoms with Crippen LogP contribution in [0.4, 0.5) is 0 Å². The summed E-state index contributed by atoms with van der Waals surface area (Å²) in [6, 6.07) is -0.482. The number of hydrogen-bond acceptors (Lipinski definition) is 6. The number of carboxylic acid groups (broad SMARTS) is 1. The average Bonchev–Trinajstić information content (AvgIpc) is 3.21. The van der Waals surface area contributed by atoms with Crippen LogP contribution in [0.1, 0.15) is 47.0 Å². The number of aliphatic hydroxyl groups is 1. The molecule has 0 aromatic heterocycles. The van der Waals surface area contributed by atoms with Crippen molar-refractivity contribution in [3.63, 3.8) is 0 Å². The molecule has 4 aliphatic heterocycles. The lowest BCUT2D eigenvalue weighted by Crippen LogP contribution is -2.63. The molecule has 3 fully saturated rings. The molecule has 4 aliphatic rings. The fraction of sp³-hybridized carbons (Fsp3) is 0.750. The van der Waals surface area contributed by atoms with Gasteiger partial charge in [-0.3, -0.25) is 14.5 Å². The van der Waals surface area contributed by atoms with Crippen molar-refractivity contribution in [1.29, 1.82) is 0 Å². The second-order valence-corrected chi connectivity index (χ2v) is 10.3. The second kappa shape index (κ2) is 6.99. The maximum atomic E-state index is 12.5. The van der Waals surface area contributed by atoms with Gasteiger partial charge >= 0.3 is 5.97 Å². The fourth-order valence-corrected chi connectivity index (χ4v) is 7.17. The van der Waals surface area contributed by atoms with E-state index in [4.69, 9.17) is 0 Å². The highest BCUT2D eigenvalue weighted by Crippen LogP contribution is 2.52. The molecule has 3 N–H and O–H groups in total. The summed E-state index contributed by atoms with van der Waals surface area (Å²) in [5.74, 6) is -2.07. The zero-order valence-corrected chi connectivity index (χ0v) is 18.0. The van der Waals surface area contributed by atoms with Gasteiger partial charge in [0.15, 0.2) is 0 Å². The van der Waals surface area contributed by atoms with Crippen molar-refractivity contribution in [3.8, 4) is 0 Å². The van der Waals surface area contributed by atoms with Gasteiger partial charge in [0.05, 0.1) is 29.8 Å². The summed E-state index contributed by atoms with van der Waals surface area (Å²) < 4.78 is 0. The topological polar surface area (TPSA) is 110 Å². The van der Waals surface area contributed by atoms with E-state index in [2.05, 4.69) is 24.1 Å². The van der Waals surface area contributed by atoms with Crippen LogP contribution in [-0.2, 0) is 14.4 Å². The van der Waals surface area contributed by atoms with Gasteiger partial charge < -0.3 is 20.4 Å².